The number of benzene rings is 2. The van der Waals surface area contributed by atoms with Gasteiger partial charge in [0.1, 0.15) is 11.9 Å². The number of amides is 1. The molecule has 5 nitrogen and oxygen atoms in total. The SMILES string of the molecule is COC(=O)C(c1ccc(Cl)cc1)N1CCN(C(=O)c2cccc(F)c2)CC1. The summed E-state index contributed by atoms with van der Waals surface area (Å²) in [5, 5.41) is 0.591. The Kier molecular flexibility index (Phi) is 6.08. The van der Waals surface area contributed by atoms with E-state index in [4.69, 9.17) is 16.3 Å². The van der Waals surface area contributed by atoms with Crippen molar-refractivity contribution < 1.29 is 18.7 Å². The number of rotatable bonds is 4. The molecule has 0 spiro atoms. The highest BCUT2D eigenvalue weighted by molar-refractivity contribution is 6.30. The Morgan fingerprint density at radius 3 is 2.33 bits per heavy atom. The number of nitrogens with zero attached hydrogens (tertiary/aromatic N) is 2. The van der Waals surface area contributed by atoms with E-state index in [2.05, 4.69) is 0 Å². The minimum atomic E-state index is -0.557. The molecule has 0 aliphatic carbocycles. The number of halogens is 2. The van der Waals surface area contributed by atoms with Gasteiger partial charge in [-0.2, -0.15) is 0 Å². The second-order valence-electron chi connectivity index (χ2n) is 6.32. The summed E-state index contributed by atoms with van der Waals surface area (Å²) in [7, 11) is 1.36. The molecule has 27 heavy (non-hydrogen) atoms. The topological polar surface area (TPSA) is 49.9 Å². The van der Waals surface area contributed by atoms with Crippen LogP contribution >= 0.6 is 11.6 Å². The van der Waals surface area contributed by atoms with Crippen LogP contribution in [0.4, 0.5) is 4.39 Å². The number of ether oxygens (including phenoxy) is 1. The maximum atomic E-state index is 13.4. The van der Waals surface area contributed by atoms with Crippen molar-refractivity contribution in [3.05, 3.63) is 70.5 Å². The standard InChI is InChI=1S/C20H20ClFN2O3/c1-27-20(26)18(14-5-7-16(21)8-6-14)23-9-11-24(12-10-23)19(25)15-3-2-4-17(22)13-15/h2-8,13,18H,9-12H2,1H3. The van der Waals surface area contributed by atoms with Gasteiger partial charge in [0.25, 0.3) is 5.91 Å². The maximum Gasteiger partial charge on any atom is 0.327 e. The summed E-state index contributed by atoms with van der Waals surface area (Å²) in [6.45, 7) is 1.89. The average molecular weight is 391 g/mol. The molecule has 1 amide bonds. The Balaban J connectivity index is 1.71. The lowest BCUT2D eigenvalue weighted by Gasteiger charge is -2.38. The fraction of sp³-hybridized carbons (Fsp3) is 0.300. The Bertz CT molecular complexity index is 820. The van der Waals surface area contributed by atoms with Gasteiger partial charge in [0.05, 0.1) is 7.11 Å². The first kappa shape index (κ1) is 19.3. The molecule has 0 saturated carbocycles. The van der Waals surface area contributed by atoms with Crippen molar-refractivity contribution in [3.8, 4) is 0 Å². The van der Waals surface area contributed by atoms with Crippen LogP contribution in [0.3, 0.4) is 0 Å². The molecule has 1 fully saturated rings. The second-order valence-corrected chi connectivity index (χ2v) is 6.75. The summed E-state index contributed by atoms with van der Waals surface area (Å²) < 4.78 is 18.3. The van der Waals surface area contributed by atoms with E-state index < -0.39 is 11.9 Å². The first-order chi connectivity index (χ1) is 13.0. The number of hydrogen-bond donors (Lipinski definition) is 0. The lowest BCUT2D eigenvalue weighted by molar-refractivity contribution is -0.148. The van der Waals surface area contributed by atoms with Crippen LogP contribution in [-0.4, -0.2) is 55.0 Å². The molecule has 142 valence electrons. The van der Waals surface area contributed by atoms with E-state index in [1.54, 1.807) is 35.2 Å². The summed E-state index contributed by atoms with van der Waals surface area (Å²) in [4.78, 5) is 28.6. The lowest BCUT2D eigenvalue weighted by atomic mass is 10.0. The van der Waals surface area contributed by atoms with Gasteiger partial charge in [-0.25, -0.2) is 9.18 Å². The summed E-state index contributed by atoms with van der Waals surface area (Å²) >= 11 is 5.94. The molecule has 3 rings (SSSR count). The highest BCUT2D eigenvalue weighted by Crippen LogP contribution is 2.25. The number of esters is 1. The summed E-state index contributed by atoms with van der Waals surface area (Å²) in [6.07, 6.45) is 0. The van der Waals surface area contributed by atoms with Gasteiger partial charge in [0.15, 0.2) is 0 Å². The van der Waals surface area contributed by atoms with E-state index in [-0.39, 0.29) is 11.9 Å². The molecule has 1 unspecified atom stereocenters. The highest BCUT2D eigenvalue weighted by Gasteiger charge is 2.32. The van der Waals surface area contributed by atoms with Crippen molar-refractivity contribution in [1.82, 2.24) is 9.80 Å². The van der Waals surface area contributed by atoms with E-state index in [9.17, 15) is 14.0 Å². The molecule has 7 heteroatoms. The van der Waals surface area contributed by atoms with Crippen molar-refractivity contribution in [2.75, 3.05) is 33.3 Å². The van der Waals surface area contributed by atoms with Crippen molar-refractivity contribution in [2.45, 2.75) is 6.04 Å². The van der Waals surface area contributed by atoms with Crippen molar-refractivity contribution >= 4 is 23.5 Å². The highest BCUT2D eigenvalue weighted by atomic mass is 35.5. The zero-order valence-electron chi connectivity index (χ0n) is 14.9. The molecule has 1 aliphatic rings. The minimum Gasteiger partial charge on any atom is -0.468 e. The fourth-order valence-electron chi connectivity index (χ4n) is 3.24. The summed E-state index contributed by atoms with van der Waals surface area (Å²) in [5.74, 6) is -1.01. The van der Waals surface area contributed by atoms with Crippen LogP contribution in [0.15, 0.2) is 48.5 Å². The number of carbonyl (C=O) groups excluding carboxylic acids is 2. The van der Waals surface area contributed by atoms with Gasteiger partial charge in [-0.15, -0.1) is 0 Å². The number of piperazine rings is 1. The zero-order chi connectivity index (χ0) is 19.4. The van der Waals surface area contributed by atoms with Gasteiger partial charge in [0, 0.05) is 36.8 Å². The van der Waals surface area contributed by atoms with E-state index in [1.165, 1.54) is 25.3 Å². The Morgan fingerprint density at radius 2 is 1.74 bits per heavy atom. The van der Waals surface area contributed by atoms with Crippen LogP contribution in [0.1, 0.15) is 22.0 Å². The first-order valence-corrected chi connectivity index (χ1v) is 8.99. The monoisotopic (exact) mass is 390 g/mol. The third kappa shape index (κ3) is 4.46. The normalized spacial score (nSPS) is 16.0. The predicted octanol–water partition coefficient (Wildman–Crippen LogP) is 3.15. The van der Waals surface area contributed by atoms with Crippen LogP contribution in [0, 0.1) is 5.82 Å². The number of methoxy groups -OCH3 is 1. The van der Waals surface area contributed by atoms with Crippen LogP contribution in [0.25, 0.3) is 0 Å². The molecule has 1 heterocycles. The van der Waals surface area contributed by atoms with E-state index in [0.29, 0.717) is 36.8 Å². The van der Waals surface area contributed by atoms with Crippen LogP contribution < -0.4 is 0 Å². The van der Waals surface area contributed by atoms with Crippen LogP contribution in [0.5, 0.6) is 0 Å². The number of hydrogen-bond acceptors (Lipinski definition) is 4. The molecule has 1 saturated heterocycles. The van der Waals surface area contributed by atoms with E-state index >= 15 is 0 Å². The van der Waals surface area contributed by atoms with Gasteiger partial charge in [-0.3, -0.25) is 9.69 Å². The quantitative estimate of drug-likeness (QED) is 0.752. The van der Waals surface area contributed by atoms with E-state index in [0.717, 1.165) is 5.56 Å². The maximum absolute atomic E-state index is 13.4. The molecule has 0 bridgehead atoms. The predicted molar refractivity (Wildman–Crippen MR) is 100 cm³/mol. The van der Waals surface area contributed by atoms with Gasteiger partial charge >= 0.3 is 5.97 Å². The summed E-state index contributed by atoms with van der Waals surface area (Å²) in [5.41, 5.74) is 1.11. The van der Waals surface area contributed by atoms with Gasteiger partial charge in [0.2, 0.25) is 0 Å². The molecule has 0 radical (unpaired) electrons. The Labute approximate surface area is 162 Å². The zero-order valence-corrected chi connectivity index (χ0v) is 15.7. The molecule has 0 aromatic heterocycles. The van der Waals surface area contributed by atoms with Crippen LogP contribution in [0.2, 0.25) is 5.02 Å². The third-order valence-corrected chi connectivity index (χ3v) is 4.90. The van der Waals surface area contributed by atoms with Gasteiger partial charge < -0.3 is 9.64 Å². The fourth-order valence-corrected chi connectivity index (χ4v) is 3.37. The molecular weight excluding hydrogens is 371 g/mol. The third-order valence-electron chi connectivity index (χ3n) is 4.65. The average Bonchev–Trinajstić information content (AvgIpc) is 2.69. The van der Waals surface area contributed by atoms with Gasteiger partial charge in [-0.1, -0.05) is 29.8 Å². The van der Waals surface area contributed by atoms with Crippen molar-refractivity contribution in [2.24, 2.45) is 0 Å². The molecule has 1 aliphatic heterocycles. The molecule has 2 aromatic rings. The Hall–Kier alpha value is -2.44. The largest absolute Gasteiger partial charge is 0.468 e. The van der Waals surface area contributed by atoms with Crippen LogP contribution in [-0.2, 0) is 9.53 Å². The molecular formula is C20H20ClFN2O3. The lowest BCUT2D eigenvalue weighted by Crippen LogP contribution is -2.51. The minimum absolute atomic E-state index is 0.213. The first-order valence-electron chi connectivity index (χ1n) is 8.62. The Morgan fingerprint density at radius 1 is 1.07 bits per heavy atom. The molecule has 2 aromatic carbocycles. The number of carbonyl (C=O) groups is 2. The molecule has 1 atom stereocenters. The van der Waals surface area contributed by atoms with Crippen molar-refractivity contribution in [3.63, 3.8) is 0 Å². The van der Waals surface area contributed by atoms with Gasteiger partial charge in [-0.05, 0) is 35.9 Å². The summed E-state index contributed by atoms with van der Waals surface area (Å²) in [6, 6.07) is 12.2. The second kappa shape index (κ2) is 8.50. The van der Waals surface area contributed by atoms with E-state index in [1.807, 2.05) is 4.90 Å². The smallest absolute Gasteiger partial charge is 0.327 e. The molecule has 0 N–H and O–H groups in total. The van der Waals surface area contributed by atoms with Crippen molar-refractivity contribution in [1.29, 1.82) is 0 Å².